The molecule has 2 N–H and O–H groups in total. The smallest absolute Gasteiger partial charge is 0.211 e. The summed E-state index contributed by atoms with van der Waals surface area (Å²) < 4.78 is 7.22. The molecule has 7 heteroatoms. The monoisotopic (exact) mass is 373 g/mol. The number of hydrogen-bond donors (Lipinski definition) is 2. The molecule has 140 valence electrons. The minimum Gasteiger partial charge on any atom is -0.497 e. The van der Waals surface area contributed by atoms with Crippen molar-refractivity contribution in [3.05, 3.63) is 66.6 Å². The zero-order valence-electron chi connectivity index (χ0n) is 15.5. The molecule has 2 aromatic carbocycles. The standard InChI is InChI=1S/C21H19N5O2/c1-14-11-16(5-8-18(14)24-13-27)25-20-21-23-12-19(26(21)10-9-22-20)15-3-6-17(28-2)7-4-15/h3-13H,1-2H3,(H,22,25)(H,24,27). The first-order valence-electron chi connectivity index (χ1n) is 8.74. The predicted molar refractivity (Wildman–Crippen MR) is 109 cm³/mol. The first-order chi connectivity index (χ1) is 13.7. The summed E-state index contributed by atoms with van der Waals surface area (Å²) in [7, 11) is 1.65. The van der Waals surface area contributed by atoms with E-state index in [1.807, 2.05) is 66.2 Å². The average molecular weight is 373 g/mol. The number of imidazole rings is 1. The second-order valence-electron chi connectivity index (χ2n) is 6.26. The molecule has 4 rings (SSSR count). The summed E-state index contributed by atoms with van der Waals surface area (Å²) in [6.45, 7) is 1.93. The number of anilines is 3. The Bertz CT molecular complexity index is 1140. The van der Waals surface area contributed by atoms with Gasteiger partial charge in [0.25, 0.3) is 0 Å². The van der Waals surface area contributed by atoms with Crippen LogP contribution in [0.3, 0.4) is 0 Å². The normalized spacial score (nSPS) is 10.6. The number of carbonyl (C=O) groups is 1. The number of nitrogens with one attached hydrogen (secondary N) is 2. The quantitative estimate of drug-likeness (QED) is 0.499. The number of fused-ring (bicyclic) bond motifs is 1. The highest BCUT2D eigenvalue weighted by Gasteiger charge is 2.11. The van der Waals surface area contributed by atoms with E-state index in [4.69, 9.17) is 4.74 Å². The van der Waals surface area contributed by atoms with Crippen molar-refractivity contribution >= 4 is 29.2 Å². The van der Waals surface area contributed by atoms with Crippen molar-refractivity contribution in [2.75, 3.05) is 17.7 Å². The Kier molecular flexibility index (Phi) is 4.63. The third-order valence-corrected chi connectivity index (χ3v) is 4.52. The Balaban J connectivity index is 1.68. The van der Waals surface area contributed by atoms with E-state index in [0.29, 0.717) is 12.2 Å². The molecule has 1 amide bonds. The molecule has 0 aliphatic rings. The number of hydrogen-bond acceptors (Lipinski definition) is 5. The van der Waals surface area contributed by atoms with E-state index in [-0.39, 0.29) is 0 Å². The van der Waals surface area contributed by atoms with Crippen LogP contribution in [0.25, 0.3) is 16.9 Å². The molecule has 7 nitrogen and oxygen atoms in total. The molecule has 0 radical (unpaired) electrons. The summed E-state index contributed by atoms with van der Waals surface area (Å²) in [5.41, 5.74) is 5.31. The van der Waals surface area contributed by atoms with Gasteiger partial charge in [-0.25, -0.2) is 9.97 Å². The zero-order valence-corrected chi connectivity index (χ0v) is 15.5. The third kappa shape index (κ3) is 3.25. The van der Waals surface area contributed by atoms with Crippen molar-refractivity contribution in [3.8, 4) is 17.0 Å². The topological polar surface area (TPSA) is 80.5 Å². The van der Waals surface area contributed by atoms with E-state index in [1.54, 1.807) is 13.3 Å². The van der Waals surface area contributed by atoms with Crippen LogP contribution in [-0.2, 0) is 4.79 Å². The van der Waals surface area contributed by atoms with Gasteiger partial charge in [-0.05, 0) is 55.0 Å². The molecule has 0 bridgehead atoms. The second kappa shape index (κ2) is 7.40. The van der Waals surface area contributed by atoms with Gasteiger partial charge in [0.15, 0.2) is 11.5 Å². The molecular formula is C21H19N5O2. The van der Waals surface area contributed by atoms with Crippen molar-refractivity contribution in [2.45, 2.75) is 6.92 Å². The number of nitrogens with zero attached hydrogens (tertiary/aromatic N) is 3. The lowest BCUT2D eigenvalue weighted by atomic mass is 10.1. The first kappa shape index (κ1) is 17.5. The molecule has 2 aromatic heterocycles. The summed E-state index contributed by atoms with van der Waals surface area (Å²) >= 11 is 0. The average Bonchev–Trinajstić information content (AvgIpc) is 3.15. The second-order valence-corrected chi connectivity index (χ2v) is 6.26. The van der Waals surface area contributed by atoms with Gasteiger partial charge in [0.05, 0.1) is 19.0 Å². The lowest BCUT2D eigenvalue weighted by Crippen LogP contribution is -2.00. The molecule has 0 unspecified atom stereocenters. The minimum absolute atomic E-state index is 0.651. The van der Waals surface area contributed by atoms with E-state index in [2.05, 4.69) is 20.6 Å². The fraction of sp³-hybridized carbons (Fsp3) is 0.0952. The van der Waals surface area contributed by atoms with Crippen LogP contribution < -0.4 is 15.4 Å². The molecule has 0 spiro atoms. The molecular weight excluding hydrogens is 354 g/mol. The van der Waals surface area contributed by atoms with Gasteiger partial charge in [-0.2, -0.15) is 0 Å². The molecule has 0 saturated heterocycles. The van der Waals surface area contributed by atoms with Crippen LogP contribution in [0.2, 0.25) is 0 Å². The van der Waals surface area contributed by atoms with Crippen LogP contribution >= 0.6 is 0 Å². The van der Waals surface area contributed by atoms with Gasteiger partial charge in [0.1, 0.15) is 5.75 Å². The number of aromatic nitrogens is 3. The maximum atomic E-state index is 10.6. The minimum atomic E-state index is 0.651. The zero-order chi connectivity index (χ0) is 19.5. The van der Waals surface area contributed by atoms with Gasteiger partial charge in [-0.15, -0.1) is 0 Å². The highest BCUT2D eigenvalue weighted by atomic mass is 16.5. The Hall–Kier alpha value is -3.87. The van der Waals surface area contributed by atoms with E-state index in [9.17, 15) is 4.79 Å². The van der Waals surface area contributed by atoms with Crippen molar-refractivity contribution in [3.63, 3.8) is 0 Å². The van der Waals surface area contributed by atoms with Crippen LogP contribution in [0, 0.1) is 6.92 Å². The SMILES string of the molecule is COc1ccc(-c2cnc3c(Nc4ccc(NC=O)c(C)c4)nccn23)cc1. The molecule has 4 aromatic rings. The Morgan fingerprint density at radius 1 is 1.11 bits per heavy atom. The van der Waals surface area contributed by atoms with Crippen LogP contribution in [-0.4, -0.2) is 27.9 Å². The van der Waals surface area contributed by atoms with Crippen LogP contribution in [0.1, 0.15) is 5.56 Å². The lowest BCUT2D eigenvalue weighted by molar-refractivity contribution is -0.105. The van der Waals surface area contributed by atoms with Crippen LogP contribution in [0.15, 0.2) is 61.1 Å². The maximum absolute atomic E-state index is 10.6. The van der Waals surface area contributed by atoms with E-state index >= 15 is 0 Å². The number of carbonyl (C=O) groups excluding carboxylic acids is 1. The molecule has 28 heavy (non-hydrogen) atoms. The Labute approximate surface area is 162 Å². The molecule has 0 saturated carbocycles. The van der Waals surface area contributed by atoms with Gasteiger partial charge in [0, 0.05) is 29.3 Å². The van der Waals surface area contributed by atoms with Gasteiger partial charge < -0.3 is 15.4 Å². The summed E-state index contributed by atoms with van der Waals surface area (Å²) in [5.74, 6) is 1.46. The Morgan fingerprint density at radius 2 is 1.93 bits per heavy atom. The maximum Gasteiger partial charge on any atom is 0.211 e. The van der Waals surface area contributed by atoms with Gasteiger partial charge in [-0.1, -0.05) is 0 Å². The lowest BCUT2D eigenvalue weighted by Gasteiger charge is -2.10. The summed E-state index contributed by atoms with van der Waals surface area (Å²) in [4.78, 5) is 19.6. The Morgan fingerprint density at radius 3 is 2.64 bits per heavy atom. The molecule has 0 atom stereocenters. The highest BCUT2D eigenvalue weighted by molar-refractivity contribution is 5.78. The van der Waals surface area contributed by atoms with E-state index in [1.165, 1.54) is 0 Å². The number of amides is 1. The first-order valence-corrected chi connectivity index (χ1v) is 8.74. The number of benzene rings is 2. The van der Waals surface area contributed by atoms with Gasteiger partial charge in [-0.3, -0.25) is 9.20 Å². The van der Waals surface area contributed by atoms with Crippen LogP contribution in [0.4, 0.5) is 17.2 Å². The van der Waals surface area contributed by atoms with Gasteiger partial charge >= 0.3 is 0 Å². The summed E-state index contributed by atoms with van der Waals surface area (Å²) in [5, 5.41) is 5.99. The fourth-order valence-corrected chi connectivity index (χ4v) is 3.09. The third-order valence-electron chi connectivity index (χ3n) is 4.52. The molecule has 0 aliphatic carbocycles. The van der Waals surface area contributed by atoms with Crippen molar-refractivity contribution in [2.24, 2.45) is 0 Å². The van der Waals surface area contributed by atoms with Crippen LogP contribution in [0.5, 0.6) is 5.75 Å². The largest absolute Gasteiger partial charge is 0.497 e. The number of ether oxygens (including phenoxy) is 1. The van der Waals surface area contributed by atoms with Crippen molar-refractivity contribution in [1.82, 2.24) is 14.4 Å². The van der Waals surface area contributed by atoms with Crippen molar-refractivity contribution < 1.29 is 9.53 Å². The number of aryl methyl sites for hydroxylation is 1. The molecule has 0 fully saturated rings. The number of methoxy groups -OCH3 is 1. The predicted octanol–water partition coefficient (Wildman–Crippen LogP) is 4.03. The van der Waals surface area contributed by atoms with E-state index in [0.717, 1.165) is 39.6 Å². The summed E-state index contributed by atoms with van der Waals surface area (Å²) in [6, 6.07) is 13.5. The van der Waals surface area contributed by atoms with Crippen molar-refractivity contribution in [1.29, 1.82) is 0 Å². The van der Waals surface area contributed by atoms with E-state index < -0.39 is 0 Å². The highest BCUT2D eigenvalue weighted by Crippen LogP contribution is 2.27. The fourth-order valence-electron chi connectivity index (χ4n) is 3.09. The number of rotatable bonds is 6. The van der Waals surface area contributed by atoms with Gasteiger partial charge in [0.2, 0.25) is 6.41 Å². The molecule has 0 aliphatic heterocycles. The summed E-state index contributed by atoms with van der Waals surface area (Å²) in [6.07, 6.45) is 6.12. The molecule has 2 heterocycles.